The molecule has 4 heteroatoms. The Morgan fingerprint density at radius 3 is 2.40 bits per heavy atom. The van der Waals surface area contributed by atoms with Crippen molar-refractivity contribution in [2.45, 2.75) is 38.1 Å². The molecule has 0 spiro atoms. The number of hydrogen-bond donors (Lipinski definition) is 1. The lowest BCUT2D eigenvalue weighted by molar-refractivity contribution is 0.275. The van der Waals surface area contributed by atoms with E-state index in [4.69, 9.17) is 21.1 Å². The molecule has 0 saturated heterocycles. The summed E-state index contributed by atoms with van der Waals surface area (Å²) in [6.45, 7) is 0. The second-order valence-electron chi connectivity index (χ2n) is 5.37. The van der Waals surface area contributed by atoms with Crippen LogP contribution in [0.25, 0.3) is 0 Å². The van der Waals surface area contributed by atoms with Gasteiger partial charge in [-0.2, -0.15) is 0 Å². The summed E-state index contributed by atoms with van der Waals surface area (Å²) in [5, 5.41) is 4.01. The lowest BCUT2D eigenvalue weighted by atomic mass is 9.81. The molecule has 0 aromatic heterocycles. The van der Waals surface area contributed by atoms with E-state index in [1.165, 1.54) is 32.1 Å². The predicted molar refractivity (Wildman–Crippen MR) is 82.9 cm³/mol. The Hall–Kier alpha value is -0.930. The minimum absolute atomic E-state index is 0.286. The first kappa shape index (κ1) is 15.5. The maximum atomic E-state index is 6.38. The molecule has 1 saturated carbocycles. The first-order valence-electron chi connectivity index (χ1n) is 7.30. The summed E-state index contributed by atoms with van der Waals surface area (Å²) in [4.78, 5) is 0. The van der Waals surface area contributed by atoms with Crippen LogP contribution < -0.4 is 14.8 Å². The number of hydrogen-bond acceptors (Lipinski definition) is 3. The lowest BCUT2D eigenvalue weighted by Gasteiger charge is -2.31. The molecule has 0 aliphatic heterocycles. The van der Waals surface area contributed by atoms with Crippen molar-refractivity contribution in [2.24, 2.45) is 5.92 Å². The van der Waals surface area contributed by atoms with Crippen molar-refractivity contribution in [1.29, 1.82) is 0 Å². The first-order chi connectivity index (χ1) is 9.72. The van der Waals surface area contributed by atoms with Gasteiger partial charge in [0.2, 0.25) is 0 Å². The Balaban J connectivity index is 2.35. The van der Waals surface area contributed by atoms with E-state index in [1.807, 2.05) is 13.1 Å². The summed E-state index contributed by atoms with van der Waals surface area (Å²) < 4.78 is 10.8. The quantitative estimate of drug-likeness (QED) is 0.883. The van der Waals surface area contributed by atoms with E-state index in [1.54, 1.807) is 14.2 Å². The van der Waals surface area contributed by atoms with Gasteiger partial charge >= 0.3 is 0 Å². The van der Waals surface area contributed by atoms with Gasteiger partial charge in [0, 0.05) is 11.6 Å². The molecule has 1 unspecified atom stereocenters. The third-order valence-electron chi connectivity index (χ3n) is 4.28. The Morgan fingerprint density at radius 2 is 1.85 bits per heavy atom. The zero-order valence-electron chi connectivity index (χ0n) is 12.5. The van der Waals surface area contributed by atoms with Gasteiger partial charge in [0.1, 0.15) is 16.5 Å². The molecule has 0 heterocycles. The van der Waals surface area contributed by atoms with Crippen molar-refractivity contribution in [3.8, 4) is 11.5 Å². The van der Waals surface area contributed by atoms with E-state index in [2.05, 4.69) is 11.4 Å². The zero-order valence-corrected chi connectivity index (χ0v) is 13.3. The molecule has 1 atom stereocenters. The Bertz CT molecular complexity index is 444. The van der Waals surface area contributed by atoms with Gasteiger partial charge in [-0.25, -0.2) is 0 Å². The molecular formula is C16H24ClNO2. The number of halogens is 1. The second kappa shape index (κ2) is 7.19. The molecular weight excluding hydrogens is 274 g/mol. The molecule has 1 aliphatic carbocycles. The molecule has 0 amide bonds. The highest BCUT2D eigenvalue weighted by Gasteiger charge is 2.27. The molecule has 20 heavy (non-hydrogen) atoms. The molecule has 112 valence electrons. The molecule has 1 fully saturated rings. The molecule has 1 aromatic carbocycles. The average molecular weight is 298 g/mol. The van der Waals surface area contributed by atoms with E-state index in [0.717, 1.165) is 11.3 Å². The highest BCUT2D eigenvalue weighted by Crippen LogP contribution is 2.43. The van der Waals surface area contributed by atoms with Crippen molar-refractivity contribution in [3.05, 3.63) is 22.7 Å². The highest BCUT2D eigenvalue weighted by molar-refractivity contribution is 6.33. The minimum atomic E-state index is 0.286. The summed E-state index contributed by atoms with van der Waals surface area (Å²) in [5.41, 5.74) is 1.13. The van der Waals surface area contributed by atoms with Crippen LogP contribution in [0.2, 0.25) is 5.02 Å². The Morgan fingerprint density at radius 1 is 1.15 bits per heavy atom. The van der Waals surface area contributed by atoms with Crippen molar-refractivity contribution < 1.29 is 9.47 Å². The van der Waals surface area contributed by atoms with Crippen molar-refractivity contribution in [3.63, 3.8) is 0 Å². The van der Waals surface area contributed by atoms with Crippen LogP contribution in [0.5, 0.6) is 11.5 Å². The van der Waals surface area contributed by atoms with Crippen molar-refractivity contribution in [2.75, 3.05) is 21.3 Å². The molecule has 0 bridgehead atoms. The first-order valence-corrected chi connectivity index (χ1v) is 7.68. The van der Waals surface area contributed by atoms with Gasteiger partial charge in [-0.15, -0.1) is 0 Å². The summed E-state index contributed by atoms with van der Waals surface area (Å²) in [6.07, 6.45) is 6.51. The number of nitrogens with one attached hydrogen (secondary N) is 1. The van der Waals surface area contributed by atoms with Crippen LogP contribution in [0.4, 0.5) is 0 Å². The fourth-order valence-corrected chi connectivity index (χ4v) is 3.60. The highest BCUT2D eigenvalue weighted by atomic mass is 35.5. The fourth-order valence-electron chi connectivity index (χ4n) is 3.28. The summed E-state index contributed by atoms with van der Waals surface area (Å²) in [7, 11) is 5.30. The zero-order chi connectivity index (χ0) is 14.5. The number of benzene rings is 1. The smallest absolute Gasteiger partial charge is 0.146 e. The molecule has 1 aromatic rings. The molecule has 2 rings (SSSR count). The van der Waals surface area contributed by atoms with Crippen LogP contribution >= 0.6 is 11.6 Å². The van der Waals surface area contributed by atoms with Gasteiger partial charge in [0.15, 0.2) is 0 Å². The normalized spacial score (nSPS) is 17.8. The number of ether oxygens (including phenoxy) is 2. The SMILES string of the molecule is CNC(c1ccc(OC)c(Cl)c1OC)C1CCCCC1. The number of rotatable bonds is 5. The van der Waals surface area contributed by atoms with Crippen LogP contribution in [-0.2, 0) is 0 Å². The largest absolute Gasteiger partial charge is 0.495 e. The van der Waals surface area contributed by atoms with Crippen LogP contribution in [0.1, 0.15) is 43.7 Å². The molecule has 3 nitrogen and oxygen atoms in total. The van der Waals surface area contributed by atoms with Gasteiger partial charge in [0.05, 0.1) is 14.2 Å². The average Bonchev–Trinajstić information content (AvgIpc) is 2.49. The van der Waals surface area contributed by atoms with E-state index in [0.29, 0.717) is 16.7 Å². The molecule has 0 radical (unpaired) electrons. The maximum absolute atomic E-state index is 6.38. The monoisotopic (exact) mass is 297 g/mol. The lowest BCUT2D eigenvalue weighted by Crippen LogP contribution is -2.27. The van der Waals surface area contributed by atoms with Crippen LogP contribution in [0.15, 0.2) is 12.1 Å². The van der Waals surface area contributed by atoms with Gasteiger partial charge in [-0.1, -0.05) is 30.9 Å². The summed E-state index contributed by atoms with van der Waals surface area (Å²) >= 11 is 6.38. The topological polar surface area (TPSA) is 30.5 Å². The van der Waals surface area contributed by atoms with Gasteiger partial charge in [0.25, 0.3) is 0 Å². The third-order valence-corrected chi connectivity index (χ3v) is 4.64. The standard InChI is InChI=1S/C16H24ClNO2/c1-18-15(11-7-5-4-6-8-11)12-9-10-13(19-2)14(17)16(12)20-3/h9-11,15,18H,4-8H2,1-3H3. The van der Waals surface area contributed by atoms with Crippen LogP contribution in [-0.4, -0.2) is 21.3 Å². The maximum Gasteiger partial charge on any atom is 0.146 e. The predicted octanol–water partition coefficient (Wildman–Crippen LogP) is 4.20. The molecule has 1 N–H and O–H groups in total. The minimum Gasteiger partial charge on any atom is -0.495 e. The van der Waals surface area contributed by atoms with Crippen LogP contribution in [0, 0.1) is 5.92 Å². The third kappa shape index (κ3) is 3.04. The van der Waals surface area contributed by atoms with Crippen LogP contribution in [0.3, 0.4) is 0 Å². The second-order valence-corrected chi connectivity index (χ2v) is 5.75. The Kier molecular flexibility index (Phi) is 5.55. The van der Waals surface area contributed by atoms with Gasteiger partial charge in [-0.3, -0.25) is 0 Å². The van der Waals surface area contributed by atoms with Gasteiger partial charge < -0.3 is 14.8 Å². The summed E-state index contributed by atoms with van der Waals surface area (Å²) in [5.74, 6) is 2.04. The van der Waals surface area contributed by atoms with E-state index >= 15 is 0 Å². The molecule has 1 aliphatic rings. The fraction of sp³-hybridized carbons (Fsp3) is 0.625. The Labute approximate surface area is 126 Å². The van der Waals surface area contributed by atoms with E-state index in [-0.39, 0.29) is 6.04 Å². The van der Waals surface area contributed by atoms with Crippen molar-refractivity contribution >= 4 is 11.6 Å². The number of methoxy groups -OCH3 is 2. The van der Waals surface area contributed by atoms with E-state index in [9.17, 15) is 0 Å². The van der Waals surface area contributed by atoms with Crippen molar-refractivity contribution in [1.82, 2.24) is 5.32 Å². The summed E-state index contributed by atoms with van der Waals surface area (Å²) in [6, 6.07) is 4.28. The van der Waals surface area contributed by atoms with Gasteiger partial charge in [-0.05, 0) is 37.9 Å². The van der Waals surface area contributed by atoms with E-state index < -0.39 is 0 Å².